The molecule has 0 atom stereocenters. The average molecular weight is 353 g/mol. The van der Waals surface area contributed by atoms with Crippen molar-refractivity contribution in [3.05, 3.63) is 34.9 Å². The third-order valence-corrected chi connectivity index (χ3v) is 4.38. The number of carboxylic acid groups (broad SMARTS) is 1. The van der Waals surface area contributed by atoms with Crippen LogP contribution in [-0.4, -0.2) is 47.4 Å². The number of Topliss-reactive ketones (excluding diaryl/α,β-unsaturated/α-hetero) is 1. The second kappa shape index (κ2) is 8.68. The monoisotopic (exact) mass is 352 g/mol. The molecule has 0 aromatic heterocycles. The predicted molar refractivity (Wildman–Crippen MR) is 90.3 cm³/mol. The van der Waals surface area contributed by atoms with E-state index in [9.17, 15) is 14.4 Å². The molecule has 130 valence electrons. The number of carbonyl (C=O) groups excluding carboxylic acids is 2. The maximum Gasteiger partial charge on any atom is 0.317 e. The zero-order valence-corrected chi connectivity index (χ0v) is 14.1. The quantitative estimate of drug-likeness (QED) is 0.608. The molecule has 2 rings (SSSR count). The molecule has 1 saturated heterocycles. The van der Waals surface area contributed by atoms with E-state index in [2.05, 4.69) is 5.32 Å². The number of amides is 2. The standard InChI is InChI=1S/C17H21ClN2O4/c18-14-5-3-12(4-6-14)16(23)13-7-10-20(11-8-13)17(24)19-9-1-2-15(21)22/h3-6,13H,1-2,7-11H2,(H,19,24)(H,21,22). The van der Waals surface area contributed by atoms with Gasteiger partial charge >= 0.3 is 12.0 Å². The number of nitrogens with one attached hydrogen (secondary N) is 1. The van der Waals surface area contributed by atoms with Crippen LogP contribution in [-0.2, 0) is 4.79 Å². The van der Waals surface area contributed by atoms with Gasteiger partial charge in [-0.2, -0.15) is 0 Å². The third-order valence-electron chi connectivity index (χ3n) is 4.13. The zero-order chi connectivity index (χ0) is 17.5. The molecule has 0 aliphatic carbocycles. The van der Waals surface area contributed by atoms with Crippen molar-refractivity contribution in [3.63, 3.8) is 0 Å². The minimum Gasteiger partial charge on any atom is -0.481 e. The second-order valence-electron chi connectivity index (χ2n) is 5.86. The van der Waals surface area contributed by atoms with E-state index in [1.54, 1.807) is 29.2 Å². The molecule has 1 aromatic rings. The zero-order valence-electron chi connectivity index (χ0n) is 13.3. The summed E-state index contributed by atoms with van der Waals surface area (Å²) in [6.45, 7) is 1.39. The first-order valence-electron chi connectivity index (χ1n) is 8.01. The van der Waals surface area contributed by atoms with E-state index < -0.39 is 5.97 Å². The Balaban J connectivity index is 1.76. The fourth-order valence-electron chi connectivity index (χ4n) is 2.74. The van der Waals surface area contributed by atoms with Crippen molar-refractivity contribution in [2.24, 2.45) is 5.92 Å². The van der Waals surface area contributed by atoms with Crippen LogP contribution in [0.15, 0.2) is 24.3 Å². The highest BCUT2D eigenvalue weighted by Crippen LogP contribution is 2.22. The van der Waals surface area contributed by atoms with Gasteiger partial charge < -0.3 is 15.3 Å². The Labute approximate surface area is 145 Å². The van der Waals surface area contributed by atoms with Crippen LogP contribution in [0.4, 0.5) is 4.79 Å². The normalized spacial score (nSPS) is 15.1. The highest BCUT2D eigenvalue weighted by atomic mass is 35.5. The van der Waals surface area contributed by atoms with Crippen molar-refractivity contribution >= 4 is 29.4 Å². The fourth-order valence-corrected chi connectivity index (χ4v) is 2.87. The van der Waals surface area contributed by atoms with Crippen molar-refractivity contribution in [1.82, 2.24) is 10.2 Å². The van der Waals surface area contributed by atoms with Gasteiger partial charge in [0.1, 0.15) is 0 Å². The summed E-state index contributed by atoms with van der Waals surface area (Å²) >= 11 is 5.83. The fraction of sp³-hybridized carbons (Fsp3) is 0.471. The summed E-state index contributed by atoms with van der Waals surface area (Å²) in [6, 6.07) is 6.67. The van der Waals surface area contributed by atoms with Gasteiger partial charge in [-0.15, -0.1) is 0 Å². The molecule has 24 heavy (non-hydrogen) atoms. The maximum absolute atomic E-state index is 12.4. The number of hydrogen-bond donors (Lipinski definition) is 2. The average Bonchev–Trinajstić information content (AvgIpc) is 2.58. The second-order valence-corrected chi connectivity index (χ2v) is 6.30. The molecule has 1 aromatic carbocycles. The first-order valence-corrected chi connectivity index (χ1v) is 8.39. The Morgan fingerprint density at radius 2 is 1.79 bits per heavy atom. The van der Waals surface area contributed by atoms with Crippen LogP contribution in [0.2, 0.25) is 5.02 Å². The summed E-state index contributed by atoms with van der Waals surface area (Å²) in [7, 11) is 0. The van der Waals surface area contributed by atoms with Crippen LogP contribution in [0.25, 0.3) is 0 Å². The van der Waals surface area contributed by atoms with Gasteiger partial charge in [0, 0.05) is 42.6 Å². The summed E-state index contributed by atoms with van der Waals surface area (Å²) in [5.74, 6) is -0.860. The first-order chi connectivity index (χ1) is 11.5. The molecule has 0 bridgehead atoms. The number of ketones is 1. The van der Waals surface area contributed by atoms with Gasteiger partial charge in [-0.25, -0.2) is 4.79 Å². The number of rotatable bonds is 6. The van der Waals surface area contributed by atoms with Crippen LogP contribution < -0.4 is 5.32 Å². The molecular weight excluding hydrogens is 332 g/mol. The number of nitrogens with zero attached hydrogens (tertiary/aromatic N) is 1. The summed E-state index contributed by atoms with van der Waals surface area (Å²) < 4.78 is 0. The van der Waals surface area contributed by atoms with Gasteiger partial charge in [-0.1, -0.05) is 11.6 Å². The predicted octanol–water partition coefficient (Wildman–Crippen LogP) is 2.81. The number of benzene rings is 1. The van der Waals surface area contributed by atoms with E-state index in [-0.39, 0.29) is 24.2 Å². The number of halogens is 1. The molecule has 0 saturated carbocycles. The summed E-state index contributed by atoms with van der Waals surface area (Å²) in [5, 5.41) is 11.9. The summed E-state index contributed by atoms with van der Waals surface area (Å²) in [4.78, 5) is 36.5. The minimum absolute atomic E-state index is 0.0396. The van der Waals surface area contributed by atoms with Crippen LogP contribution >= 0.6 is 11.6 Å². The SMILES string of the molecule is O=C(O)CCCNC(=O)N1CCC(C(=O)c2ccc(Cl)cc2)CC1. The number of likely N-dealkylation sites (tertiary alicyclic amines) is 1. The molecule has 1 fully saturated rings. The van der Waals surface area contributed by atoms with E-state index in [1.165, 1.54) is 0 Å². The molecule has 0 radical (unpaired) electrons. The van der Waals surface area contributed by atoms with Crippen molar-refractivity contribution in [2.75, 3.05) is 19.6 Å². The van der Waals surface area contributed by atoms with E-state index in [0.717, 1.165) is 0 Å². The number of carbonyl (C=O) groups is 3. The molecule has 0 spiro atoms. The van der Waals surface area contributed by atoms with Gasteiger partial charge in [-0.3, -0.25) is 9.59 Å². The lowest BCUT2D eigenvalue weighted by atomic mass is 9.89. The number of piperidine rings is 1. The van der Waals surface area contributed by atoms with Crippen molar-refractivity contribution in [2.45, 2.75) is 25.7 Å². The lowest BCUT2D eigenvalue weighted by Crippen LogP contribution is -2.45. The molecule has 1 aliphatic rings. The highest BCUT2D eigenvalue weighted by molar-refractivity contribution is 6.30. The largest absolute Gasteiger partial charge is 0.481 e. The smallest absolute Gasteiger partial charge is 0.317 e. The molecule has 2 amide bonds. The Hall–Kier alpha value is -2.08. The summed E-state index contributed by atoms with van der Waals surface area (Å²) in [5.41, 5.74) is 0.649. The minimum atomic E-state index is -0.870. The van der Waals surface area contributed by atoms with Crippen LogP contribution in [0, 0.1) is 5.92 Å². The lowest BCUT2D eigenvalue weighted by molar-refractivity contribution is -0.137. The molecule has 6 nitrogen and oxygen atoms in total. The molecule has 2 N–H and O–H groups in total. The van der Waals surface area contributed by atoms with E-state index >= 15 is 0 Å². The van der Waals surface area contributed by atoms with Gasteiger partial charge in [0.15, 0.2) is 5.78 Å². The van der Waals surface area contributed by atoms with Gasteiger partial charge in [0.05, 0.1) is 0 Å². The van der Waals surface area contributed by atoms with Gasteiger partial charge in [0.2, 0.25) is 0 Å². The van der Waals surface area contributed by atoms with Crippen LogP contribution in [0.5, 0.6) is 0 Å². The summed E-state index contributed by atoms with van der Waals surface area (Å²) in [6.07, 6.45) is 1.71. The van der Waals surface area contributed by atoms with E-state index in [1.807, 2.05) is 0 Å². The molecule has 0 unspecified atom stereocenters. The Morgan fingerprint density at radius 3 is 2.38 bits per heavy atom. The van der Waals surface area contributed by atoms with Crippen molar-refractivity contribution < 1.29 is 19.5 Å². The van der Waals surface area contributed by atoms with Crippen molar-refractivity contribution in [3.8, 4) is 0 Å². The number of carboxylic acids is 1. The number of aliphatic carboxylic acids is 1. The van der Waals surface area contributed by atoms with Crippen LogP contribution in [0.3, 0.4) is 0 Å². The van der Waals surface area contributed by atoms with Crippen LogP contribution in [0.1, 0.15) is 36.0 Å². The van der Waals surface area contributed by atoms with E-state index in [4.69, 9.17) is 16.7 Å². The van der Waals surface area contributed by atoms with E-state index in [0.29, 0.717) is 49.5 Å². The van der Waals surface area contributed by atoms with Gasteiger partial charge in [0.25, 0.3) is 0 Å². The first kappa shape index (κ1) is 18.3. The molecule has 1 aliphatic heterocycles. The number of hydrogen-bond acceptors (Lipinski definition) is 3. The molecular formula is C17H21ClN2O4. The Bertz CT molecular complexity index is 595. The lowest BCUT2D eigenvalue weighted by Gasteiger charge is -2.31. The Morgan fingerprint density at radius 1 is 1.17 bits per heavy atom. The number of urea groups is 1. The van der Waals surface area contributed by atoms with Crippen molar-refractivity contribution in [1.29, 1.82) is 0 Å². The Kier molecular flexibility index (Phi) is 6.61. The molecule has 7 heteroatoms. The topological polar surface area (TPSA) is 86.7 Å². The maximum atomic E-state index is 12.4. The van der Waals surface area contributed by atoms with Gasteiger partial charge in [-0.05, 0) is 43.5 Å². The molecule has 1 heterocycles. The third kappa shape index (κ3) is 5.23. The highest BCUT2D eigenvalue weighted by Gasteiger charge is 2.27.